The molecule has 1 aromatic carbocycles. The standard InChI is InChI=1S/C16H25N3O3S.ClH/c1-19(2)16(20)12-7-5-8-14(10-12)23(21,22)18-15-9-4-3-6-13(15)11-17;/h5,7-8,10,13,15,18H,3-4,6,9,11,17H2,1-2H3;1H. The number of nitrogens with two attached hydrogens (primary N) is 1. The van der Waals surface area contributed by atoms with Crippen molar-refractivity contribution >= 4 is 28.3 Å². The van der Waals surface area contributed by atoms with Gasteiger partial charge in [0.05, 0.1) is 4.90 Å². The molecule has 1 aliphatic carbocycles. The molecule has 0 aliphatic heterocycles. The Bertz CT molecular complexity index is 664. The second kappa shape index (κ2) is 8.80. The average Bonchev–Trinajstić information content (AvgIpc) is 2.54. The Kier molecular flexibility index (Phi) is 7.66. The van der Waals surface area contributed by atoms with Gasteiger partial charge in [-0.15, -0.1) is 12.4 Å². The maximum absolute atomic E-state index is 12.6. The quantitative estimate of drug-likeness (QED) is 0.817. The number of nitrogens with one attached hydrogen (secondary N) is 1. The molecular weight excluding hydrogens is 350 g/mol. The Hall–Kier alpha value is -1.15. The van der Waals surface area contributed by atoms with Crippen molar-refractivity contribution in [3.8, 4) is 0 Å². The van der Waals surface area contributed by atoms with Gasteiger partial charge in [0, 0.05) is 25.7 Å². The fourth-order valence-electron chi connectivity index (χ4n) is 2.97. The summed E-state index contributed by atoms with van der Waals surface area (Å²) < 4.78 is 28.0. The summed E-state index contributed by atoms with van der Waals surface area (Å²) >= 11 is 0. The molecule has 0 aromatic heterocycles. The van der Waals surface area contributed by atoms with Crippen LogP contribution in [0, 0.1) is 5.92 Å². The summed E-state index contributed by atoms with van der Waals surface area (Å²) in [5.41, 5.74) is 6.12. The van der Waals surface area contributed by atoms with Crippen LogP contribution in [0.3, 0.4) is 0 Å². The van der Waals surface area contributed by atoms with Crippen LogP contribution >= 0.6 is 12.4 Å². The van der Waals surface area contributed by atoms with Gasteiger partial charge in [-0.1, -0.05) is 18.9 Å². The summed E-state index contributed by atoms with van der Waals surface area (Å²) in [6, 6.07) is 6.00. The van der Waals surface area contributed by atoms with Gasteiger partial charge in [0.2, 0.25) is 10.0 Å². The van der Waals surface area contributed by atoms with Crippen LogP contribution in [-0.4, -0.2) is 45.9 Å². The van der Waals surface area contributed by atoms with E-state index >= 15 is 0 Å². The molecule has 1 fully saturated rings. The van der Waals surface area contributed by atoms with E-state index in [0.29, 0.717) is 12.1 Å². The van der Waals surface area contributed by atoms with E-state index in [2.05, 4.69) is 4.72 Å². The van der Waals surface area contributed by atoms with Crippen molar-refractivity contribution in [1.82, 2.24) is 9.62 Å². The van der Waals surface area contributed by atoms with Crippen molar-refractivity contribution in [3.63, 3.8) is 0 Å². The van der Waals surface area contributed by atoms with Crippen molar-refractivity contribution in [2.24, 2.45) is 11.7 Å². The molecule has 1 aromatic rings. The molecular formula is C16H26ClN3O3S. The molecule has 24 heavy (non-hydrogen) atoms. The Balaban J connectivity index is 0.00000288. The van der Waals surface area contributed by atoms with Gasteiger partial charge in [0.15, 0.2) is 0 Å². The van der Waals surface area contributed by atoms with Gasteiger partial charge >= 0.3 is 0 Å². The molecule has 0 heterocycles. The smallest absolute Gasteiger partial charge is 0.253 e. The molecule has 0 spiro atoms. The molecule has 1 saturated carbocycles. The lowest BCUT2D eigenvalue weighted by Crippen LogP contribution is -2.44. The molecule has 1 amide bonds. The lowest BCUT2D eigenvalue weighted by atomic mass is 9.85. The van der Waals surface area contributed by atoms with Crippen LogP contribution in [0.5, 0.6) is 0 Å². The van der Waals surface area contributed by atoms with Gasteiger partial charge in [-0.25, -0.2) is 13.1 Å². The fourth-order valence-corrected chi connectivity index (χ4v) is 4.35. The number of nitrogens with zero attached hydrogens (tertiary/aromatic N) is 1. The third-order valence-electron chi connectivity index (χ3n) is 4.32. The minimum atomic E-state index is -3.66. The summed E-state index contributed by atoms with van der Waals surface area (Å²) in [6.45, 7) is 0.479. The summed E-state index contributed by atoms with van der Waals surface area (Å²) in [5.74, 6) is -0.0512. The van der Waals surface area contributed by atoms with Crippen LogP contribution in [0.15, 0.2) is 29.2 Å². The van der Waals surface area contributed by atoms with Crippen LogP contribution in [0.1, 0.15) is 36.0 Å². The van der Waals surface area contributed by atoms with E-state index in [9.17, 15) is 13.2 Å². The number of benzene rings is 1. The highest BCUT2D eigenvalue weighted by Crippen LogP contribution is 2.25. The highest BCUT2D eigenvalue weighted by molar-refractivity contribution is 7.89. The topological polar surface area (TPSA) is 92.5 Å². The van der Waals surface area contributed by atoms with Crippen molar-refractivity contribution in [2.75, 3.05) is 20.6 Å². The van der Waals surface area contributed by atoms with Gasteiger partial charge in [0.25, 0.3) is 5.91 Å². The number of sulfonamides is 1. The first kappa shape index (κ1) is 20.9. The highest BCUT2D eigenvalue weighted by Gasteiger charge is 2.29. The van der Waals surface area contributed by atoms with Crippen molar-refractivity contribution in [2.45, 2.75) is 36.6 Å². The normalized spacial score (nSPS) is 21.0. The molecule has 2 rings (SSSR count). The van der Waals surface area contributed by atoms with E-state index in [-0.39, 0.29) is 35.2 Å². The first-order valence-electron chi connectivity index (χ1n) is 7.89. The maximum atomic E-state index is 12.6. The molecule has 3 N–H and O–H groups in total. The van der Waals surface area contributed by atoms with Gasteiger partial charge in [-0.2, -0.15) is 0 Å². The van der Waals surface area contributed by atoms with E-state index in [4.69, 9.17) is 5.73 Å². The van der Waals surface area contributed by atoms with E-state index in [1.807, 2.05) is 0 Å². The van der Waals surface area contributed by atoms with Crippen LogP contribution in [0.2, 0.25) is 0 Å². The Labute approximate surface area is 150 Å². The van der Waals surface area contributed by atoms with Gasteiger partial charge in [0.1, 0.15) is 0 Å². The SMILES string of the molecule is CN(C)C(=O)c1cccc(S(=O)(=O)NC2CCCCC2CN)c1.Cl. The fraction of sp³-hybridized carbons (Fsp3) is 0.562. The molecule has 2 unspecified atom stereocenters. The van der Waals surface area contributed by atoms with Crippen LogP contribution in [-0.2, 0) is 10.0 Å². The first-order valence-corrected chi connectivity index (χ1v) is 9.37. The number of amides is 1. The van der Waals surface area contributed by atoms with Crippen LogP contribution < -0.4 is 10.5 Å². The van der Waals surface area contributed by atoms with Crippen molar-refractivity contribution in [1.29, 1.82) is 0 Å². The van der Waals surface area contributed by atoms with Gasteiger partial charge < -0.3 is 10.6 Å². The monoisotopic (exact) mass is 375 g/mol. The minimum absolute atomic E-state index is 0. The highest BCUT2D eigenvalue weighted by atomic mass is 35.5. The second-order valence-corrected chi connectivity index (χ2v) is 7.95. The number of hydrogen-bond donors (Lipinski definition) is 2. The molecule has 1 aliphatic rings. The molecule has 136 valence electrons. The molecule has 6 nitrogen and oxygen atoms in total. The maximum Gasteiger partial charge on any atom is 0.253 e. The van der Waals surface area contributed by atoms with Crippen molar-refractivity contribution in [3.05, 3.63) is 29.8 Å². The van der Waals surface area contributed by atoms with Gasteiger partial charge in [-0.3, -0.25) is 4.79 Å². The number of hydrogen-bond acceptors (Lipinski definition) is 4. The molecule has 0 saturated heterocycles. The Morgan fingerprint density at radius 2 is 1.96 bits per heavy atom. The third kappa shape index (κ3) is 4.92. The number of carbonyl (C=O) groups excluding carboxylic acids is 1. The van der Waals surface area contributed by atoms with E-state index in [1.54, 1.807) is 26.2 Å². The van der Waals surface area contributed by atoms with Crippen molar-refractivity contribution < 1.29 is 13.2 Å². The number of halogens is 1. The zero-order valence-corrected chi connectivity index (χ0v) is 15.7. The predicted molar refractivity (Wildman–Crippen MR) is 96.8 cm³/mol. The van der Waals surface area contributed by atoms with Crippen LogP contribution in [0.25, 0.3) is 0 Å². The number of rotatable bonds is 5. The Morgan fingerprint density at radius 1 is 1.29 bits per heavy atom. The molecule has 0 radical (unpaired) electrons. The zero-order chi connectivity index (χ0) is 17.0. The lowest BCUT2D eigenvalue weighted by Gasteiger charge is -2.31. The third-order valence-corrected chi connectivity index (χ3v) is 5.80. The summed E-state index contributed by atoms with van der Waals surface area (Å²) in [4.78, 5) is 13.5. The first-order chi connectivity index (χ1) is 10.8. The largest absolute Gasteiger partial charge is 0.345 e. The molecule has 8 heteroatoms. The van der Waals surface area contributed by atoms with E-state index in [1.165, 1.54) is 17.0 Å². The summed E-state index contributed by atoms with van der Waals surface area (Å²) in [6.07, 6.45) is 3.84. The molecule has 2 atom stereocenters. The predicted octanol–water partition coefficient (Wildman–Crippen LogP) is 1.61. The lowest BCUT2D eigenvalue weighted by molar-refractivity contribution is 0.0827. The summed E-state index contributed by atoms with van der Waals surface area (Å²) in [5, 5.41) is 0. The van der Waals surface area contributed by atoms with E-state index in [0.717, 1.165) is 25.7 Å². The zero-order valence-electron chi connectivity index (χ0n) is 14.1. The number of carbonyl (C=O) groups is 1. The average molecular weight is 376 g/mol. The van der Waals surface area contributed by atoms with Crippen LogP contribution in [0.4, 0.5) is 0 Å². The summed E-state index contributed by atoms with van der Waals surface area (Å²) in [7, 11) is -0.392. The van der Waals surface area contributed by atoms with Gasteiger partial charge in [-0.05, 0) is 43.5 Å². The minimum Gasteiger partial charge on any atom is -0.345 e. The van der Waals surface area contributed by atoms with E-state index < -0.39 is 10.0 Å². The molecule has 0 bridgehead atoms. The Morgan fingerprint density at radius 3 is 2.58 bits per heavy atom. The second-order valence-electron chi connectivity index (χ2n) is 6.24.